The van der Waals surface area contributed by atoms with Gasteiger partial charge in [0.15, 0.2) is 28.5 Å². The SMILES string of the molecule is CC(Nc1ncnc2c1nnn2C)c1ccc(Oc2ccccc2)c(F)c1. The topological polar surface area (TPSA) is 77.8 Å². The summed E-state index contributed by atoms with van der Waals surface area (Å²) in [5, 5.41) is 11.3. The Morgan fingerprint density at radius 2 is 1.93 bits per heavy atom. The molecule has 0 amide bonds. The lowest BCUT2D eigenvalue weighted by molar-refractivity contribution is 0.441. The summed E-state index contributed by atoms with van der Waals surface area (Å²) < 4.78 is 21.6. The van der Waals surface area contributed by atoms with Crippen molar-refractivity contribution in [2.75, 3.05) is 5.32 Å². The summed E-state index contributed by atoms with van der Waals surface area (Å²) in [6, 6.07) is 13.8. The third-order valence-corrected chi connectivity index (χ3v) is 4.17. The number of nitrogens with zero attached hydrogens (tertiary/aromatic N) is 5. The summed E-state index contributed by atoms with van der Waals surface area (Å²) in [6.07, 6.45) is 1.44. The lowest BCUT2D eigenvalue weighted by atomic mass is 10.1. The second-order valence-electron chi connectivity index (χ2n) is 6.08. The van der Waals surface area contributed by atoms with E-state index in [1.54, 1.807) is 29.9 Å². The molecule has 2 heterocycles. The van der Waals surface area contributed by atoms with E-state index in [2.05, 4.69) is 25.6 Å². The Morgan fingerprint density at radius 3 is 2.70 bits per heavy atom. The van der Waals surface area contributed by atoms with Crippen molar-refractivity contribution in [2.45, 2.75) is 13.0 Å². The van der Waals surface area contributed by atoms with Crippen molar-refractivity contribution in [3.63, 3.8) is 0 Å². The van der Waals surface area contributed by atoms with E-state index >= 15 is 0 Å². The predicted molar refractivity (Wildman–Crippen MR) is 99.1 cm³/mol. The van der Waals surface area contributed by atoms with Gasteiger partial charge in [0.1, 0.15) is 12.1 Å². The highest BCUT2D eigenvalue weighted by Crippen LogP contribution is 2.28. The number of fused-ring (bicyclic) bond motifs is 1. The molecule has 2 aromatic heterocycles. The summed E-state index contributed by atoms with van der Waals surface area (Å²) >= 11 is 0. The fourth-order valence-electron chi connectivity index (χ4n) is 2.73. The number of hydrogen-bond acceptors (Lipinski definition) is 6. The number of aryl methyl sites for hydroxylation is 1. The Hall–Kier alpha value is -3.55. The van der Waals surface area contributed by atoms with Crippen LogP contribution in [0.1, 0.15) is 18.5 Å². The smallest absolute Gasteiger partial charge is 0.183 e. The molecular weight excluding hydrogens is 347 g/mol. The average molecular weight is 364 g/mol. The molecule has 2 aromatic carbocycles. The fourth-order valence-corrected chi connectivity index (χ4v) is 2.73. The number of hydrogen-bond donors (Lipinski definition) is 1. The quantitative estimate of drug-likeness (QED) is 0.579. The first-order chi connectivity index (χ1) is 13.1. The van der Waals surface area contributed by atoms with E-state index in [4.69, 9.17) is 4.74 Å². The van der Waals surface area contributed by atoms with Crippen molar-refractivity contribution in [2.24, 2.45) is 7.05 Å². The molecule has 0 aliphatic heterocycles. The van der Waals surface area contributed by atoms with Gasteiger partial charge in [-0.05, 0) is 36.8 Å². The van der Waals surface area contributed by atoms with Gasteiger partial charge in [-0.1, -0.05) is 29.5 Å². The highest BCUT2D eigenvalue weighted by Gasteiger charge is 2.15. The number of ether oxygens (including phenoxy) is 1. The summed E-state index contributed by atoms with van der Waals surface area (Å²) in [5.41, 5.74) is 1.94. The van der Waals surface area contributed by atoms with E-state index in [0.717, 1.165) is 5.56 Å². The van der Waals surface area contributed by atoms with E-state index in [-0.39, 0.29) is 11.8 Å². The van der Waals surface area contributed by atoms with Crippen molar-refractivity contribution >= 4 is 17.0 Å². The molecule has 0 saturated carbocycles. The Labute approximate surface area is 154 Å². The van der Waals surface area contributed by atoms with Crippen LogP contribution in [0.2, 0.25) is 0 Å². The molecule has 1 N–H and O–H groups in total. The highest BCUT2D eigenvalue weighted by molar-refractivity contribution is 5.81. The number of benzene rings is 2. The first kappa shape index (κ1) is 16.9. The van der Waals surface area contributed by atoms with Crippen LogP contribution in [0.25, 0.3) is 11.2 Å². The molecule has 0 saturated heterocycles. The van der Waals surface area contributed by atoms with Crippen LogP contribution >= 0.6 is 0 Å². The third-order valence-electron chi connectivity index (χ3n) is 4.17. The van der Waals surface area contributed by atoms with Gasteiger partial charge in [-0.15, -0.1) is 5.10 Å². The molecule has 8 heteroatoms. The van der Waals surface area contributed by atoms with Crippen LogP contribution in [0.4, 0.5) is 10.2 Å². The van der Waals surface area contributed by atoms with E-state index in [9.17, 15) is 4.39 Å². The van der Waals surface area contributed by atoms with Crippen molar-refractivity contribution in [1.82, 2.24) is 25.0 Å². The Balaban J connectivity index is 1.55. The van der Waals surface area contributed by atoms with Crippen LogP contribution in [0.5, 0.6) is 11.5 Å². The van der Waals surface area contributed by atoms with Crippen LogP contribution in [0.15, 0.2) is 54.9 Å². The molecule has 1 unspecified atom stereocenters. The van der Waals surface area contributed by atoms with E-state index in [1.807, 2.05) is 31.2 Å². The molecule has 27 heavy (non-hydrogen) atoms. The van der Waals surface area contributed by atoms with Crippen molar-refractivity contribution in [1.29, 1.82) is 0 Å². The molecule has 1 atom stereocenters. The maximum atomic E-state index is 14.5. The van der Waals surface area contributed by atoms with Gasteiger partial charge >= 0.3 is 0 Å². The number of para-hydroxylation sites is 1. The summed E-state index contributed by atoms with van der Waals surface area (Å²) in [4.78, 5) is 8.38. The summed E-state index contributed by atoms with van der Waals surface area (Å²) in [6.45, 7) is 1.91. The van der Waals surface area contributed by atoms with Gasteiger partial charge in [-0.25, -0.2) is 19.0 Å². The van der Waals surface area contributed by atoms with Crippen LogP contribution in [0, 0.1) is 5.82 Å². The van der Waals surface area contributed by atoms with Crippen LogP contribution in [0.3, 0.4) is 0 Å². The Morgan fingerprint density at radius 1 is 1.11 bits per heavy atom. The van der Waals surface area contributed by atoms with Crippen molar-refractivity contribution in [3.05, 3.63) is 66.2 Å². The van der Waals surface area contributed by atoms with Crippen molar-refractivity contribution < 1.29 is 9.13 Å². The predicted octanol–water partition coefficient (Wildman–Crippen LogP) is 3.86. The van der Waals surface area contributed by atoms with Gasteiger partial charge in [-0.2, -0.15) is 0 Å². The molecule has 0 spiro atoms. The van der Waals surface area contributed by atoms with Gasteiger partial charge in [-0.3, -0.25) is 0 Å². The molecule has 0 aliphatic carbocycles. The lowest BCUT2D eigenvalue weighted by Gasteiger charge is -2.16. The third kappa shape index (κ3) is 3.41. The zero-order chi connectivity index (χ0) is 18.8. The minimum atomic E-state index is -0.433. The van der Waals surface area contributed by atoms with E-state index < -0.39 is 5.82 Å². The zero-order valence-electron chi connectivity index (χ0n) is 14.8. The van der Waals surface area contributed by atoms with Gasteiger partial charge in [0, 0.05) is 7.05 Å². The lowest BCUT2D eigenvalue weighted by Crippen LogP contribution is -2.09. The second kappa shape index (κ2) is 6.99. The normalized spacial score (nSPS) is 12.1. The molecule has 7 nitrogen and oxygen atoms in total. The number of aromatic nitrogens is 5. The first-order valence-corrected chi connectivity index (χ1v) is 8.41. The minimum Gasteiger partial charge on any atom is -0.454 e. The molecule has 136 valence electrons. The van der Waals surface area contributed by atoms with Crippen LogP contribution in [-0.2, 0) is 7.05 Å². The van der Waals surface area contributed by atoms with Gasteiger partial charge < -0.3 is 10.1 Å². The Kier molecular flexibility index (Phi) is 4.37. The Bertz CT molecular complexity index is 1080. The van der Waals surface area contributed by atoms with Gasteiger partial charge in [0.25, 0.3) is 0 Å². The van der Waals surface area contributed by atoms with Gasteiger partial charge in [0.2, 0.25) is 0 Å². The summed E-state index contributed by atoms with van der Waals surface area (Å²) in [7, 11) is 1.76. The number of rotatable bonds is 5. The van der Waals surface area contributed by atoms with Crippen LogP contribution < -0.4 is 10.1 Å². The van der Waals surface area contributed by atoms with Crippen LogP contribution in [-0.4, -0.2) is 25.0 Å². The highest BCUT2D eigenvalue weighted by atomic mass is 19.1. The number of anilines is 1. The minimum absolute atomic E-state index is 0.176. The van der Waals surface area contributed by atoms with E-state index in [0.29, 0.717) is 22.7 Å². The second-order valence-corrected chi connectivity index (χ2v) is 6.08. The molecule has 0 radical (unpaired) electrons. The summed E-state index contributed by atoms with van der Waals surface area (Å²) in [5.74, 6) is 0.875. The van der Waals surface area contributed by atoms with Crippen molar-refractivity contribution in [3.8, 4) is 11.5 Å². The maximum Gasteiger partial charge on any atom is 0.183 e. The molecule has 0 bridgehead atoms. The monoisotopic (exact) mass is 364 g/mol. The molecule has 0 fully saturated rings. The fraction of sp³-hybridized carbons (Fsp3) is 0.158. The van der Waals surface area contributed by atoms with Gasteiger partial charge in [0.05, 0.1) is 6.04 Å². The molecule has 4 rings (SSSR count). The number of halogens is 1. The largest absolute Gasteiger partial charge is 0.454 e. The van der Waals surface area contributed by atoms with E-state index in [1.165, 1.54) is 12.4 Å². The molecule has 4 aromatic rings. The maximum absolute atomic E-state index is 14.5. The molecule has 0 aliphatic rings. The first-order valence-electron chi connectivity index (χ1n) is 8.41. The zero-order valence-corrected chi connectivity index (χ0v) is 14.8. The molecular formula is C19H17FN6O. The standard InChI is InChI=1S/C19H17FN6O/c1-12(23-18-17-19(22-11-21-18)26(2)25-24-17)13-8-9-16(15(20)10-13)27-14-6-4-3-5-7-14/h3-12H,1-2H3,(H,21,22,23). The average Bonchev–Trinajstić information content (AvgIpc) is 3.06. The number of nitrogens with one attached hydrogen (secondary N) is 1.